The summed E-state index contributed by atoms with van der Waals surface area (Å²) >= 11 is 0. The van der Waals surface area contributed by atoms with Crippen LogP contribution in [0.3, 0.4) is 0 Å². The maximum Gasteiger partial charge on any atom is 0.322 e. The maximum atomic E-state index is 10.4. The quantitative estimate of drug-likeness (QED) is 0.855. The van der Waals surface area contributed by atoms with Gasteiger partial charge in [0.1, 0.15) is 18.1 Å². The lowest BCUT2D eigenvalue weighted by atomic mass is 10.2. The molecule has 6 heteroatoms. The van der Waals surface area contributed by atoms with E-state index in [0.717, 1.165) is 5.56 Å². The molecule has 2 rings (SSSR count). The van der Waals surface area contributed by atoms with Crippen LogP contribution in [0.4, 0.5) is 5.82 Å². The van der Waals surface area contributed by atoms with Crippen molar-refractivity contribution in [2.75, 3.05) is 11.9 Å². The lowest BCUT2D eigenvalue weighted by molar-refractivity contribution is -0.134. The molecule has 2 aromatic rings. The van der Waals surface area contributed by atoms with Gasteiger partial charge in [0.25, 0.3) is 0 Å². The second-order valence-electron chi connectivity index (χ2n) is 3.91. The molecule has 0 amide bonds. The van der Waals surface area contributed by atoms with Crippen molar-refractivity contribution in [3.63, 3.8) is 0 Å². The maximum absolute atomic E-state index is 10.4. The fraction of sp³-hybridized carbons (Fsp3) is 0.154. The van der Waals surface area contributed by atoms with E-state index < -0.39 is 5.97 Å². The van der Waals surface area contributed by atoms with Gasteiger partial charge in [-0.2, -0.15) is 0 Å². The van der Waals surface area contributed by atoms with Crippen molar-refractivity contribution in [1.29, 1.82) is 0 Å². The predicted molar refractivity (Wildman–Crippen MR) is 69.4 cm³/mol. The van der Waals surface area contributed by atoms with Gasteiger partial charge in [0.15, 0.2) is 0 Å². The van der Waals surface area contributed by atoms with Gasteiger partial charge in [0.2, 0.25) is 5.88 Å². The average Bonchev–Trinajstić information content (AvgIpc) is 2.38. The molecule has 1 aromatic carbocycles. The van der Waals surface area contributed by atoms with Crippen LogP contribution in [0.5, 0.6) is 11.6 Å². The van der Waals surface area contributed by atoms with Crippen LogP contribution in [0.2, 0.25) is 0 Å². The van der Waals surface area contributed by atoms with E-state index >= 15 is 0 Å². The van der Waals surface area contributed by atoms with E-state index in [1.807, 2.05) is 31.2 Å². The number of aryl methyl sites for hydroxylation is 1. The van der Waals surface area contributed by atoms with Crippen LogP contribution in [0.15, 0.2) is 36.7 Å². The van der Waals surface area contributed by atoms with Crippen LogP contribution in [0, 0.1) is 6.92 Å². The van der Waals surface area contributed by atoms with Gasteiger partial charge in [0, 0.05) is 0 Å². The van der Waals surface area contributed by atoms with E-state index in [4.69, 9.17) is 9.84 Å². The summed E-state index contributed by atoms with van der Waals surface area (Å²) < 4.78 is 5.52. The van der Waals surface area contributed by atoms with Crippen LogP contribution in [-0.2, 0) is 4.79 Å². The Morgan fingerprint density at radius 1 is 1.37 bits per heavy atom. The Hall–Kier alpha value is -2.63. The number of rotatable bonds is 5. The van der Waals surface area contributed by atoms with Crippen LogP contribution < -0.4 is 10.1 Å². The molecule has 19 heavy (non-hydrogen) atoms. The van der Waals surface area contributed by atoms with Gasteiger partial charge in [-0.05, 0) is 24.6 Å². The lowest BCUT2D eigenvalue weighted by Crippen LogP contribution is -2.13. The molecule has 0 unspecified atom stereocenters. The molecule has 98 valence electrons. The Bertz CT molecular complexity index is 570. The second kappa shape index (κ2) is 5.81. The zero-order valence-corrected chi connectivity index (χ0v) is 10.3. The van der Waals surface area contributed by atoms with Gasteiger partial charge >= 0.3 is 5.97 Å². The number of nitrogens with one attached hydrogen (secondary N) is 1. The first kappa shape index (κ1) is 12.8. The van der Waals surface area contributed by atoms with E-state index in [1.165, 1.54) is 12.4 Å². The minimum absolute atomic E-state index is 0.202. The molecule has 0 aliphatic carbocycles. The van der Waals surface area contributed by atoms with Gasteiger partial charge < -0.3 is 15.2 Å². The summed E-state index contributed by atoms with van der Waals surface area (Å²) in [6.07, 6.45) is 2.86. The number of nitrogens with zero attached hydrogens (tertiary/aromatic N) is 2. The number of carboxylic acids is 1. The third-order valence-corrected chi connectivity index (χ3v) is 2.26. The highest BCUT2D eigenvalue weighted by Gasteiger charge is 2.02. The highest BCUT2D eigenvalue weighted by atomic mass is 16.5. The smallest absolute Gasteiger partial charge is 0.322 e. The Morgan fingerprint density at radius 2 is 2.21 bits per heavy atom. The van der Waals surface area contributed by atoms with E-state index in [0.29, 0.717) is 17.4 Å². The molecule has 0 saturated carbocycles. The highest BCUT2D eigenvalue weighted by Crippen LogP contribution is 2.19. The first-order valence-corrected chi connectivity index (χ1v) is 5.66. The molecule has 0 bridgehead atoms. The second-order valence-corrected chi connectivity index (χ2v) is 3.91. The first-order chi connectivity index (χ1) is 9.13. The van der Waals surface area contributed by atoms with E-state index in [9.17, 15) is 4.79 Å². The van der Waals surface area contributed by atoms with Crippen molar-refractivity contribution in [2.24, 2.45) is 0 Å². The summed E-state index contributed by atoms with van der Waals surface area (Å²) in [4.78, 5) is 18.4. The molecule has 0 fully saturated rings. The number of carboxylic acid groups (broad SMARTS) is 1. The van der Waals surface area contributed by atoms with Gasteiger partial charge in [-0.15, -0.1) is 0 Å². The van der Waals surface area contributed by atoms with Gasteiger partial charge in [-0.1, -0.05) is 12.1 Å². The third-order valence-electron chi connectivity index (χ3n) is 2.26. The van der Waals surface area contributed by atoms with Crippen LogP contribution in [-0.4, -0.2) is 27.6 Å². The molecule has 6 nitrogen and oxygen atoms in total. The fourth-order valence-corrected chi connectivity index (χ4v) is 1.43. The zero-order chi connectivity index (χ0) is 13.7. The molecule has 0 atom stereocenters. The van der Waals surface area contributed by atoms with E-state index in [1.54, 1.807) is 0 Å². The Kier molecular flexibility index (Phi) is 3.92. The van der Waals surface area contributed by atoms with Gasteiger partial charge in [-0.25, -0.2) is 9.97 Å². The van der Waals surface area contributed by atoms with Crippen LogP contribution >= 0.6 is 0 Å². The minimum Gasteiger partial charge on any atom is -0.480 e. The summed E-state index contributed by atoms with van der Waals surface area (Å²) in [6, 6.07) is 7.57. The molecule has 1 aromatic heterocycles. The third kappa shape index (κ3) is 3.95. The number of aliphatic carboxylic acids is 1. The Morgan fingerprint density at radius 3 is 2.84 bits per heavy atom. The summed E-state index contributed by atoms with van der Waals surface area (Å²) in [6.45, 7) is 1.77. The molecular weight excluding hydrogens is 246 g/mol. The molecule has 0 spiro atoms. The first-order valence-electron chi connectivity index (χ1n) is 5.66. The number of carbonyl (C=O) groups is 1. The largest absolute Gasteiger partial charge is 0.480 e. The number of ether oxygens (including phenoxy) is 1. The van der Waals surface area contributed by atoms with E-state index in [2.05, 4.69) is 15.3 Å². The Labute approximate surface area is 110 Å². The van der Waals surface area contributed by atoms with Crippen LogP contribution in [0.25, 0.3) is 0 Å². The van der Waals surface area contributed by atoms with Crippen molar-refractivity contribution in [3.05, 3.63) is 42.2 Å². The molecule has 2 N–H and O–H groups in total. The molecule has 0 radical (unpaired) electrons. The van der Waals surface area contributed by atoms with Gasteiger partial charge in [-0.3, -0.25) is 4.79 Å². The van der Waals surface area contributed by atoms with Crippen molar-refractivity contribution in [1.82, 2.24) is 9.97 Å². The minimum atomic E-state index is -0.957. The standard InChI is InChI=1S/C13H13N3O3/c1-9-3-2-4-10(5-9)19-12-7-14-11(6-16-12)15-8-13(17)18/h2-7H,8H2,1H3,(H,14,15)(H,17,18). The summed E-state index contributed by atoms with van der Waals surface area (Å²) in [5.41, 5.74) is 1.09. The average molecular weight is 259 g/mol. The number of hydrogen-bond acceptors (Lipinski definition) is 5. The topological polar surface area (TPSA) is 84.3 Å². The predicted octanol–water partition coefficient (Wildman–Crippen LogP) is 2.07. The summed E-state index contributed by atoms with van der Waals surface area (Å²) in [5.74, 6) is 0.466. The normalized spacial score (nSPS) is 9.95. The molecule has 1 heterocycles. The molecule has 0 aliphatic rings. The van der Waals surface area contributed by atoms with Crippen molar-refractivity contribution in [3.8, 4) is 11.6 Å². The Balaban J connectivity index is 2.00. The fourth-order valence-electron chi connectivity index (χ4n) is 1.43. The number of anilines is 1. The molecular formula is C13H13N3O3. The monoisotopic (exact) mass is 259 g/mol. The van der Waals surface area contributed by atoms with E-state index in [-0.39, 0.29) is 6.54 Å². The SMILES string of the molecule is Cc1cccc(Oc2cnc(NCC(=O)O)cn2)c1. The van der Waals surface area contributed by atoms with Crippen molar-refractivity contribution in [2.45, 2.75) is 6.92 Å². The van der Waals surface area contributed by atoms with Crippen LogP contribution in [0.1, 0.15) is 5.56 Å². The number of hydrogen-bond donors (Lipinski definition) is 2. The molecule has 0 aliphatic heterocycles. The van der Waals surface area contributed by atoms with Crippen molar-refractivity contribution < 1.29 is 14.6 Å². The lowest BCUT2D eigenvalue weighted by Gasteiger charge is -2.06. The highest BCUT2D eigenvalue weighted by molar-refractivity contribution is 5.72. The molecule has 0 saturated heterocycles. The summed E-state index contributed by atoms with van der Waals surface area (Å²) in [5, 5.41) is 11.1. The summed E-state index contributed by atoms with van der Waals surface area (Å²) in [7, 11) is 0. The number of benzene rings is 1. The van der Waals surface area contributed by atoms with Crippen molar-refractivity contribution >= 4 is 11.8 Å². The number of aromatic nitrogens is 2. The zero-order valence-electron chi connectivity index (χ0n) is 10.3. The van der Waals surface area contributed by atoms with Gasteiger partial charge in [0.05, 0.1) is 12.4 Å².